The van der Waals surface area contributed by atoms with Crippen molar-refractivity contribution in [3.63, 3.8) is 0 Å². The van der Waals surface area contributed by atoms with Crippen molar-refractivity contribution in [3.05, 3.63) is 24.3 Å². The SMILES string of the molecule is [PbH2].c1ccc2[nH]nnc2c1. The molecule has 0 aliphatic rings. The third-order valence-corrected chi connectivity index (χ3v) is 1.23. The van der Waals surface area contributed by atoms with Crippen LogP contribution in [0.5, 0.6) is 0 Å². The fourth-order valence-corrected chi connectivity index (χ4v) is 0.788. The van der Waals surface area contributed by atoms with Gasteiger partial charge < -0.3 is 0 Å². The summed E-state index contributed by atoms with van der Waals surface area (Å²) >= 11 is 0. The number of hydrogen-bond acceptors (Lipinski definition) is 2. The van der Waals surface area contributed by atoms with Gasteiger partial charge in [-0.3, -0.25) is 5.10 Å². The quantitative estimate of drug-likeness (QED) is 0.694. The van der Waals surface area contributed by atoms with E-state index in [-0.39, 0.29) is 27.3 Å². The van der Waals surface area contributed by atoms with Gasteiger partial charge in [-0.1, -0.05) is 17.3 Å². The van der Waals surface area contributed by atoms with Crippen LogP contribution in [0.1, 0.15) is 0 Å². The molecular formula is C6H7N3Pb. The zero-order chi connectivity index (χ0) is 6.10. The number of hydrogen-bond donors (Lipinski definition) is 1. The van der Waals surface area contributed by atoms with Gasteiger partial charge in [-0.15, -0.1) is 5.10 Å². The molecule has 3 nitrogen and oxygen atoms in total. The first-order valence-electron chi connectivity index (χ1n) is 2.72. The van der Waals surface area contributed by atoms with Crippen LogP contribution in [0.15, 0.2) is 24.3 Å². The predicted octanol–water partition coefficient (Wildman–Crippen LogP) is 0.0417. The molecule has 10 heavy (non-hydrogen) atoms. The van der Waals surface area contributed by atoms with Crippen LogP contribution in [0, 0.1) is 0 Å². The predicted molar refractivity (Wildman–Crippen MR) is 42.4 cm³/mol. The maximum Gasteiger partial charge on any atom is 0.112 e. The van der Waals surface area contributed by atoms with Crippen molar-refractivity contribution in [2.45, 2.75) is 0 Å². The zero-order valence-corrected chi connectivity index (χ0v) is 10.9. The first-order valence-corrected chi connectivity index (χ1v) is 2.72. The van der Waals surface area contributed by atoms with Gasteiger partial charge in [0.15, 0.2) is 0 Å². The molecule has 1 heterocycles. The second-order valence-electron chi connectivity index (χ2n) is 1.83. The average Bonchev–Trinajstić information content (AvgIpc) is 2.33. The Bertz CT molecular complexity index is 287. The van der Waals surface area contributed by atoms with Crippen LogP contribution in [-0.2, 0) is 0 Å². The van der Waals surface area contributed by atoms with Crippen LogP contribution in [0.3, 0.4) is 0 Å². The second kappa shape index (κ2) is 3.09. The first kappa shape index (κ1) is 7.65. The number of para-hydroxylation sites is 1. The largest absolute Gasteiger partial charge is 0.258 e. The van der Waals surface area contributed by atoms with Gasteiger partial charge in [0.1, 0.15) is 5.52 Å². The number of nitrogens with zero attached hydrogens (tertiary/aromatic N) is 2. The Hall–Kier alpha value is -0.458. The van der Waals surface area contributed by atoms with Crippen molar-refractivity contribution < 1.29 is 0 Å². The van der Waals surface area contributed by atoms with E-state index in [1.165, 1.54) is 0 Å². The standard InChI is InChI=1S/C6H5N3.Pb.2H/c1-2-4-6-5(3-1)7-9-8-6;;;/h1-4H,(H,7,8,9);;;. The van der Waals surface area contributed by atoms with Crippen molar-refractivity contribution in [1.29, 1.82) is 0 Å². The summed E-state index contributed by atoms with van der Waals surface area (Å²) < 4.78 is 0. The third kappa shape index (κ3) is 1.18. The van der Waals surface area contributed by atoms with Gasteiger partial charge in [0.05, 0.1) is 5.52 Å². The molecule has 1 aromatic carbocycles. The second-order valence-corrected chi connectivity index (χ2v) is 1.83. The Balaban J connectivity index is 0.000000500. The molecule has 2 radical (unpaired) electrons. The van der Waals surface area contributed by atoms with E-state index < -0.39 is 0 Å². The number of benzene rings is 1. The maximum atomic E-state index is 3.81. The minimum absolute atomic E-state index is 0. The summed E-state index contributed by atoms with van der Waals surface area (Å²) in [5, 5.41) is 10.2. The molecule has 0 amide bonds. The summed E-state index contributed by atoms with van der Waals surface area (Å²) in [6, 6.07) is 7.74. The fraction of sp³-hybridized carbons (Fsp3) is 0. The van der Waals surface area contributed by atoms with Gasteiger partial charge in [0.25, 0.3) is 0 Å². The van der Waals surface area contributed by atoms with Crippen molar-refractivity contribution in [2.75, 3.05) is 0 Å². The van der Waals surface area contributed by atoms with Gasteiger partial charge in [0.2, 0.25) is 0 Å². The molecule has 0 aliphatic carbocycles. The summed E-state index contributed by atoms with van der Waals surface area (Å²) in [7, 11) is 0. The molecule has 0 saturated heterocycles. The molecule has 1 N–H and O–H groups in total. The fourth-order valence-electron chi connectivity index (χ4n) is 0.788. The van der Waals surface area contributed by atoms with Gasteiger partial charge in [-0.25, -0.2) is 0 Å². The number of aromatic nitrogens is 3. The van der Waals surface area contributed by atoms with E-state index in [1.807, 2.05) is 24.3 Å². The third-order valence-electron chi connectivity index (χ3n) is 1.23. The Morgan fingerprint density at radius 2 is 2.00 bits per heavy atom. The molecule has 0 fully saturated rings. The van der Waals surface area contributed by atoms with E-state index in [0.29, 0.717) is 0 Å². The van der Waals surface area contributed by atoms with Crippen LogP contribution in [-0.4, -0.2) is 42.7 Å². The van der Waals surface area contributed by atoms with Gasteiger partial charge in [-0.2, -0.15) is 0 Å². The summed E-state index contributed by atoms with van der Waals surface area (Å²) in [5.74, 6) is 0. The van der Waals surface area contributed by atoms with Crippen molar-refractivity contribution >= 4 is 38.3 Å². The molecule has 0 spiro atoms. The molecule has 0 unspecified atom stereocenters. The number of H-pyrrole nitrogens is 1. The van der Waals surface area contributed by atoms with E-state index in [0.717, 1.165) is 11.0 Å². The molecule has 1 aromatic heterocycles. The normalized spacial score (nSPS) is 9.20. The monoisotopic (exact) mass is 329 g/mol. The minimum Gasteiger partial charge on any atom is -0.258 e. The van der Waals surface area contributed by atoms with E-state index >= 15 is 0 Å². The molecule has 0 bridgehead atoms. The number of rotatable bonds is 0. The van der Waals surface area contributed by atoms with Gasteiger partial charge >= 0.3 is 27.3 Å². The number of aromatic amines is 1. The Morgan fingerprint density at radius 1 is 1.20 bits per heavy atom. The molecule has 0 aliphatic heterocycles. The van der Waals surface area contributed by atoms with E-state index in [1.54, 1.807) is 0 Å². The molecule has 2 aromatic rings. The van der Waals surface area contributed by atoms with E-state index in [2.05, 4.69) is 15.4 Å². The van der Waals surface area contributed by atoms with Crippen LogP contribution in [0.25, 0.3) is 11.0 Å². The van der Waals surface area contributed by atoms with Crippen molar-refractivity contribution in [1.82, 2.24) is 15.4 Å². The Kier molecular flexibility index (Phi) is 2.36. The van der Waals surface area contributed by atoms with E-state index in [4.69, 9.17) is 0 Å². The van der Waals surface area contributed by atoms with Gasteiger partial charge in [-0.05, 0) is 12.1 Å². The number of fused-ring (bicyclic) bond motifs is 1. The van der Waals surface area contributed by atoms with Crippen LogP contribution in [0.4, 0.5) is 0 Å². The molecule has 4 heteroatoms. The average molecular weight is 328 g/mol. The van der Waals surface area contributed by atoms with Crippen LogP contribution in [0.2, 0.25) is 0 Å². The Morgan fingerprint density at radius 3 is 2.80 bits per heavy atom. The molecule has 0 saturated carbocycles. The number of nitrogens with one attached hydrogen (secondary N) is 1. The van der Waals surface area contributed by atoms with Gasteiger partial charge in [0, 0.05) is 0 Å². The molecular weight excluding hydrogens is 321 g/mol. The zero-order valence-electron chi connectivity index (χ0n) is 5.41. The minimum atomic E-state index is 0. The summed E-state index contributed by atoms with van der Waals surface area (Å²) in [6.07, 6.45) is 0. The van der Waals surface area contributed by atoms with E-state index in [9.17, 15) is 0 Å². The van der Waals surface area contributed by atoms with Crippen molar-refractivity contribution in [3.8, 4) is 0 Å². The summed E-state index contributed by atoms with van der Waals surface area (Å²) in [6.45, 7) is 0. The summed E-state index contributed by atoms with van der Waals surface area (Å²) in [4.78, 5) is 0. The van der Waals surface area contributed by atoms with Crippen LogP contribution >= 0.6 is 0 Å². The summed E-state index contributed by atoms with van der Waals surface area (Å²) in [5.41, 5.74) is 1.90. The first-order chi connectivity index (χ1) is 4.47. The molecule has 0 atom stereocenters. The molecule has 50 valence electrons. The topological polar surface area (TPSA) is 41.6 Å². The smallest absolute Gasteiger partial charge is 0.112 e. The van der Waals surface area contributed by atoms with Crippen LogP contribution < -0.4 is 0 Å². The maximum absolute atomic E-state index is 3.81. The van der Waals surface area contributed by atoms with Crippen molar-refractivity contribution in [2.24, 2.45) is 0 Å². The Labute approximate surface area is 78.0 Å². The molecule has 2 rings (SSSR count).